The molecule has 0 amide bonds. The molecule has 0 aliphatic carbocycles. The van der Waals surface area contributed by atoms with Gasteiger partial charge in [-0.25, -0.2) is 0 Å². The van der Waals surface area contributed by atoms with Gasteiger partial charge in [0.05, 0.1) is 25.9 Å². The molecule has 116 valence electrons. The van der Waals surface area contributed by atoms with Crippen molar-refractivity contribution >= 4 is 0 Å². The van der Waals surface area contributed by atoms with Gasteiger partial charge >= 0.3 is 0 Å². The van der Waals surface area contributed by atoms with Crippen LogP contribution in [-0.4, -0.2) is 37.6 Å². The lowest BCUT2D eigenvalue weighted by Crippen LogP contribution is -2.17. The van der Waals surface area contributed by atoms with Crippen LogP contribution < -0.4 is 0 Å². The van der Waals surface area contributed by atoms with E-state index in [-0.39, 0.29) is 6.10 Å². The number of ether oxygens (including phenoxy) is 2. The molecule has 0 aromatic carbocycles. The summed E-state index contributed by atoms with van der Waals surface area (Å²) in [7, 11) is 0. The van der Waals surface area contributed by atoms with Crippen LogP contribution in [0.4, 0.5) is 0 Å². The van der Waals surface area contributed by atoms with Crippen molar-refractivity contribution in [2.75, 3.05) is 26.4 Å². The van der Waals surface area contributed by atoms with Gasteiger partial charge in [-0.1, -0.05) is 58.8 Å². The number of unbranched alkanes of at least 4 members (excludes halogenated alkanes) is 6. The molecule has 0 rings (SSSR count). The van der Waals surface area contributed by atoms with Crippen molar-refractivity contribution in [2.24, 2.45) is 0 Å². The lowest BCUT2D eigenvalue weighted by molar-refractivity contribution is 0.000340. The fraction of sp³-hybridized carbons (Fsp3) is 1.00. The Hall–Kier alpha value is -0.120. The zero-order valence-electron chi connectivity index (χ0n) is 13.0. The highest BCUT2D eigenvalue weighted by atomic mass is 16.5. The molecule has 0 aliphatic rings. The molecule has 1 atom stereocenters. The maximum Gasteiger partial charge on any atom is 0.0773 e. The molecule has 3 heteroatoms. The summed E-state index contributed by atoms with van der Waals surface area (Å²) >= 11 is 0. The molecular weight excluding hydrogens is 240 g/mol. The maximum absolute atomic E-state index is 9.56. The van der Waals surface area contributed by atoms with Crippen LogP contribution in [0.2, 0.25) is 0 Å². The zero-order chi connectivity index (χ0) is 14.2. The largest absolute Gasteiger partial charge is 0.391 e. The van der Waals surface area contributed by atoms with E-state index < -0.39 is 0 Å². The van der Waals surface area contributed by atoms with Gasteiger partial charge in [0, 0.05) is 6.61 Å². The molecule has 19 heavy (non-hydrogen) atoms. The molecule has 1 N–H and O–H groups in total. The Morgan fingerprint density at radius 1 is 0.737 bits per heavy atom. The maximum atomic E-state index is 9.56. The highest BCUT2D eigenvalue weighted by molar-refractivity contribution is 4.53. The molecule has 0 saturated heterocycles. The number of hydrogen-bond donors (Lipinski definition) is 1. The standard InChI is InChI=1S/C16H34O3/c1-3-5-7-8-9-10-12-18-13-14-19-15-16(17)11-6-4-2/h16-17H,3-15H2,1-2H3. The van der Waals surface area contributed by atoms with Crippen molar-refractivity contribution in [3.05, 3.63) is 0 Å². The zero-order valence-corrected chi connectivity index (χ0v) is 13.0. The van der Waals surface area contributed by atoms with Crippen molar-refractivity contribution in [1.29, 1.82) is 0 Å². The summed E-state index contributed by atoms with van der Waals surface area (Å²) in [4.78, 5) is 0. The molecule has 0 aliphatic heterocycles. The van der Waals surface area contributed by atoms with Gasteiger partial charge in [-0.15, -0.1) is 0 Å². The first kappa shape index (κ1) is 18.9. The van der Waals surface area contributed by atoms with Gasteiger partial charge in [-0.3, -0.25) is 0 Å². The smallest absolute Gasteiger partial charge is 0.0773 e. The first-order chi connectivity index (χ1) is 9.31. The summed E-state index contributed by atoms with van der Waals surface area (Å²) in [6, 6.07) is 0. The molecule has 0 aromatic heterocycles. The molecule has 0 fully saturated rings. The van der Waals surface area contributed by atoms with Crippen molar-refractivity contribution < 1.29 is 14.6 Å². The number of rotatable bonds is 15. The van der Waals surface area contributed by atoms with E-state index in [2.05, 4.69) is 13.8 Å². The average Bonchev–Trinajstić information content (AvgIpc) is 2.42. The molecule has 1 unspecified atom stereocenters. The quantitative estimate of drug-likeness (QED) is 0.460. The number of aliphatic hydroxyl groups excluding tert-OH is 1. The summed E-state index contributed by atoms with van der Waals surface area (Å²) in [5.41, 5.74) is 0. The predicted molar refractivity (Wildman–Crippen MR) is 80.5 cm³/mol. The third-order valence-corrected chi connectivity index (χ3v) is 3.22. The molecular formula is C16H34O3. The Bertz CT molecular complexity index is 162. The van der Waals surface area contributed by atoms with Crippen LogP contribution in [0.15, 0.2) is 0 Å². The van der Waals surface area contributed by atoms with Crippen LogP contribution in [0.1, 0.15) is 71.6 Å². The number of aliphatic hydroxyl groups is 1. The molecule has 0 spiro atoms. The van der Waals surface area contributed by atoms with E-state index in [0.717, 1.165) is 32.3 Å². The second-order valence-corrected chi connectivity index (χ2v) is 5.25. The van der Waals surface area contributed by atoms with Gasteiger partial charge in [-0.2, -0.15) is 0 Å². The minimum Gasteiger partial charge on any atom is -0.391 e. The average molecular weight is 274 g/mol. The van der Waals surface area contributed by atoms with Crippen LogP contribution in [0.5, 0.6) is 0 Å². The highest BCUT2D eigenvalue weighted by Gasteiger charge is 2.02. The molecule has 0 aromatic rings. The fourth-order valence-corrected chi connectivity index (χ4v) is 1.95. The van der Waals surface area contributed by atoms with Crippen LogP contribution in [0.25, 0.3) is 0 Å². The summed E-state index contributed by atoms with van der Waals surface area (Å²) < 4.78 is 10.9. The van der Waals surface area contributed by atoms with Crippen molar-refractivity contribution in [3.8, 4) is 0 Å². The number of hydrogen-bond acceptors (Lipinski definition) is 3. The molecule has 0 saturated carbocycles. The molecule has 0 bridgehead atoms. The van der Waals surface area contributed by atoms with E-state index in [9.17, 15) is 5.11 Å². The van der Waals surface area contributed by atoms with E-state index in [1.54, 1.807) is 0 Å². The second-order valence-electron chi connectivity index (χ2n) is 5.25. The third-order valence-electron chi connectivity index (χ3n) is 3.22. The van der Waals surface area contributed by atoms with Crippen LogP contribution in [-0.2, 0) is 9.47 Å². The van der Waals surface area contributed by atoms with E-state index in [1.807, 2.05) is 0 Å². The van der Waals surface area contributed by atoms with Gasteiger partial charge in [-0.05, 0) is 12.8 Å². The van der Waals surface area contributed by atoms with Gasteiger partial charge in [0.15, 0.2) is 0 Å². The Morgan fingerprint density at radius 3 is 2.11 bits per heavy atom. The summed E-state index contributed by atoms with van der Waals surface area (Å²) in [6.07, 6.45) is 10.5. The predicted octanol–water partition coefficient (Wildman–Crippen LogP) is 3.93. The summed E-state index contributed by atoms with van der Waals surface area (Å²) in [5.74, 6) is 0. The minimum absolute atomic E-state index is 0.307. The van der Waals surface area contributed by atoms with Crippen LogP contribution in [0.3, 0.4) is 0 Å². The van der Waals surface area contributed by atoms with Crippen molar-refractivity contribution in [3.63, 3.8) is 0 Å². The van der Waals surface area contributed by atoms with Gasteiger partial charge in [0.1, 0.15) is 0 Å². The van der Waals surface area contributed by atoms with E-state index >= 15 is 0 Å². The van der Waals surface area contributed by atoms with E-state index in [4.69, 9.17) is 9.47 Å². The topological polar surface area (TPSA) is 38.7 Å². The monoisotopic (exact) mass is 274 g/mol. The Kier molecular flexibility index (Phi) is 15.8. The van der Waals surface area contributed by atoms with Crippen molar-refractivity contribution in [1.82, 2.24) is 0 Å². The van der Waals surface area contributed by atoms with Gasteiger partial charge in [0.25, 0.3) is 0 Å². The summed E-state index contributed by atoms with van der Waals surface area (Å²) in [5, 5.41) is 9.56. The van der Waals surface area contributed by atoms with E-state index in [1.165, 1.54) is 32.1 Å². The molecule has 3 nitrogen and oxygen atoms in total. The molecule has 0 heterocycles. The Morgan fingerprint density at radius 2 is 1.37 bits per heavy atom. The lowest BCUT2D eigenvalue weighted by Gasteiger charge is -2.10. The minimum atomic E-state index is -0.307. The Balaban J connectivity index is 3.02. The lowest BCUT2D eigenvalue weighted by atomic mass is 10.1. The van der Waals surface area contributed by atoms with Crippen molar-refractivity contribution in [2.45, 2.75) is 77.7 Å². The highest BCUT2D eigenvalue weighted by Crippen LogP contribution is 2.05. The summed E-state index contributed by atoms with van der Waals surface area (Å²) in [6.45, 7) is 6.90. The van der Waals surface area contributed by atoms with E-state index in [0.29, 0.717) is 19.8 Å². The normalized spacial score (nSPS) is 12.8. The first-order valence-corrected chi connectivity index (χ1v) is 8.14. The first-order valence-electron chi connectivity index (χ1n) is 8.14. The van der Waals surface area contributed by atoms with Gasteiger partial charge < -0.3 is 14.6 Å². The van der Waals surface area contributed by atoms with Gasteiger partial charge in [0.2, 0.25) is 0 Å². The third kappa shape index (κ3) is 15.8. The van der Waals surface area contributed by atoms with Crippen LogP contribution >= 0.6 is 0 Å². The second kappa shape index (κ2) is 15.9. The van der Waals surface area contributed by atoms with Crippen LogP contribution in [0, 0.1) is 0 Å². The Labute approximate surface area is 119 Å². The fourth-order valence-electron chi connectivity index (χ4n) is 1.95. The molecule has 0 radical (unpaired) electrons. The SMILES string of the molecule is CCCCCCCCOCCOCC(O)CCCC.